The van der Waals surface area contributed by atoms with Gasteiger partial charge in [0.15, 0.2) is 0 Å². The summed E-state index contributed by atoms with van der Waals surface area (Å²) in [7, 11) is 0. The van der Waals surface area contributed by atoms with Gasteiger partial charge in [0, 0.05) is 11.8 Å². The smallest absolute Gasteiger partial charge is 0.274 e. The molecule has 2 aromatic carbocycles. The molecule has 0 aliphatic heterocycles. The maximum atomic E-state index is 12.4. The number of carbonyl (C=O) groups excluding carboxylic acids is 1. The molecule has 6 heteroatoms. The van der Waals surface area contributed by atoms with Crippen LogP contribution in [0.1, 0.15) is 21.9 Å². The molecule has 0 aliphatic rings. The van der Waals surface area contributed by atoms with Crippen LogP contribution >= 0.6 is 0 Å². The molecule has 1 aromatic heterocycles. The minimum absolute atomic E-state index is 0.244. The molecular formula is C19H15N5O. The second-order valence-electron chi connectivity index (χ2n) is 5.29. The van der Waals surface area contributed by atoms with Crippen molar-refractivity contribution >= 4 is 23.1 Å². The lowest BCUT2D eigenvalue weighted by atomic mass is 10.2. The summed E-state index contributed by atoms with van der Waals surface area (Å²) in [6.07, 6.45) is 0. The monoisotopic (exact) mass is 329 g/mol. The number of carbonyl (C=O) groups is 1. The minimum Gasteiger partial charge on any atom is -0.339 e. The van der Waals surface area contributed by atoms with Crippen molar-refractivity contribution in [2.45, 2.75) is 6.92 Å². The summed E-state index contributed by atoms with van der Waals surface area (Å²) in [5.41, 5.74) is 2.05. The van der Waals surface area contributed by atoms with Crippen molar-refractivity contribution in [3.63, 3.8) is 0 Å². The van der Waals surface area contributed by atoms with Gasteiger partial charge in [0.25, 0.3) is 5.91 Å². The predicted molar refractivity (Wildman–Crippen MR) is 95.6 cm³/mol. The molecule has 122 valence electrons. The van der Waals surface area contributed by atoms with Crippen LogP contribution in [0.4, 0.5) is 17.2 Å². The number of para-hydroxylation sites is 2. The largest absolute Gasteiger partial charge is 0.339 e. The number of nitrogens with zero attached hydrogens (tertiary/aromatic N) is 3. The van der Waals surface area contributed by atoms with Gasteiger partial charge in [-0.2, -0.15) is 5.26 Å². The summed E-state index contributed by atoms with van der Waals surface area (Å²) in [6.45, 7) is 1.71. The van der Waals surface area contributed by atoms with Crippen molar-refractivity contribution in [2.24, 2.45) is 0 Å². The van der Waals surface area contributed by atoms with Gasteiger partial charge in [-0.15, -0.1) is 0 Å². The number of nitrogens with one attached hydrogen (secondary N) is 2. The van der Waals surface area contributed by atoms with Gasteiger partial charge in [0.05, 0.1) is 11.3 Å². The first kappa shape index (κ1) is 16.1. The van der Waals surface area contributed by atoms with E-state index in [0.29, 0.717) is 28.6 Å². The molecule has 3 aromatic rings. The second-order valence-corrected chi connectivity index (χ2v) is 5.29. The molecule has 2 N–H and O–H groups in total. The standard InChI is InChI=1S/C19H15N5O/c1-13-21-17(19(25)23-15-8-3-2-4-9-15)11-18(22-13)24-16-10-6-5-7-14(16)12-20/h2-11H,1H3,(H,23,25)(H,21,22,24). The maximum Gasteiger partial charge on any atom is 0.274 e. The third-order valence-electron chi connectivity index (χ3n) is 3.41. The zero-order valence-electron chi connectivity index (χ0n) is 13.5. The molecule has 3 rings (SSSR count). The van der Waals surface area contributed by atoms with Gasteiger partial charge >= 0.3 is 0 Å². The minimum atomic E-state index is -0.326. The molecular weight excluding hydrogens is 314 g/mol. The van der Waals surface area contributed by atoms with Gasteiger partial charge in [-0.05, 0) is 31.2 Å². The quantitative estimate of drug-likeness (QED) is 0.762. The summed E-state index contributed by atoms with van der Waals surface area (Å²) < 4.78 is 0. The summed E-state index contributed by atoms with van der Waals surface area (Å²) in [5.74, 6) is 0.583. The van der Waals surface area contributed by atoms with Crippen molar-refractivity contribution < 1.29 is 4.79 Å². The lowest BCUT2D eigenvalue weighted by Crippen LogP contribution is -2.15. The van der Waals surface area contributed by atoms with Crippen LogP contribution in [0.5, 0.6) is 0 Å². The summed E-state index contributed by atoms with van der Waals surface area (Å²) >= 11 is 0. The molecule has 0 unspecified atom stereocenters. The van der Waals surface area contributed by atoms with Crippen molar-refractivity contribution in [1.29, 1.82) is 5.26 Å². The van der Waals surface area contributed by atoms with Crippen molar-refractivity contribution in [3.05, 3.63) is 77.7 Å². The number of benzene rings is 2. The number of amides is 1. The van der Waals surface area contributed by atoms with Gasteiger partial charge in [-0.25, -0.2) is 9.97 Å². The van der Waals surface area contributed by atoms with E-state index in [1.54, 1.807) is 43.3 Å². The highest BCUT2D eigenvalue weighted by molar-refractivity contribution is 6.03. The fourth-order valence-corrected chi connectivity index (χ4v) is 2.29. The van der Waals surface area contributed by atoms with E-state index < -0.39 is 0 Å². The van der Waals surface area contributed by atoms with Gasteiger partial charge in [0.2, 0.25) is 0 Å². The molecule has 0 saturated carbocycles. The van der Waals surface area contributed by atoms with E-state index in [2.05, 4.69) is 26.7 Å². The fourth-order valence-electron chi connectivity index (χ4n) is 2.29. The Morgan fingerprint density at radius 1 is 1.04 bits per heavy atom. The van der Waals surface area contributed by atoms with E-state index in [1.165, 1.54) is 0 Å². The average molecular weight is 329 g/mol. The molecule has 6 nitrogen and oxygen atoms in total. The van der Waals surface area contributed by atoms with E-state index in [1.807, 2.05) is 24.3 Å². The number of aromatic nitrogens is 2. The molecule has 0 radical (unpaired) electrons. The van der Waals surface area contributed by atoms with Crippen LogP contribution < -0.4 is 10.6 Å². The Morgan fingerprint density at radius 2 is 1.76 bits per heavy atom. The van der Waals surface area contributed by atoms with Gasteiger partial charge in [-0.3, -0.25) is 4.79 Å². The molecule has 0 spiro atoms. The Labute approximate surface area is 145 Å². The number of aryl methyl sites for hydroxylation is 1. The van der Waals surface area contributed by atoms with Crippen LogP contribution in [0, 0.1) is 18.3 Å². The number of hydrogen-bond acceptors (Lipinski definition) is 5. The third-order valence-corrected chi connectivity index (χ3v) is 3.41. The van der Waals surface area contributed by atoms with Crippen molar-refractivity contribution in [1.82, 2.24) is 9.97 Å². The summed E-state index contributed by atoms with van der Waals surface area (Å²) in [5, 5.41) is 15.0. The van der Waals surface area contributed by atoms with Gasteiger partial charge in [-0.1, -0.05) is 30.3 Å². The van der Waals surface area contributed by atoms with Gasteiger partial charge < -0.3 is 10.6 Å². The molecule has 1 heterocycles. The molecule has 0 fully saturated rings. The summed E-state index contributed by atoms with van der Waals surface area (Å²) in [6, 6.07) is 19.9. The van der Waals surface area contributed by atoms with E-state index in [9.17, 15) is 10.1 Å². The van der Waals surface area contributed by atoms with Crippen LogP contribution in [0.15, 0.2) is 60.7 Å². The van der Waals surface area contributed by atoms with Crippen LogP contribution in [-0.2, 0) is 0 Å². The number of nitriles is 1. The lowest BCUT2D eigenvalue weighted by molar-refractivity contribution is 0.102. The first-order chi connectivity index (χ1) is 12.2. The van der Waals surface area contributed by atoms with Crippen LogP contribution in [0.25, 0.3) is 0 Å². The number of rotatable bonds is 4. The fraction of sp³-hybridized carbons (Fsp3) is 0.0526. The lowest BCUT2D eigenvalue weighted by Gasteiger charge is -2.10. The van der Waals surface area contributed by atoms with Crippen molar-refractivity contribution in [2.75, 3.05) is 10.6 Å². The second kappa shape index (κ2) is 7.23. The first-order valence-corrected chi connectivity index (χ1v) is 7.64. The Hall–Kier alpha value is -3.72. The van der Waals surface area contributed by atoms with E-state index in [0.717, 1.165) is 0 Å². The molecule has 0 aliphatic carbocycles. The Kier molecular flexibility index (Phi) is 4.67. The summed E-state index contributed by atoms with van der Waals surface area (Å²) in [4.78, 5) is 20.9. The SMILES string of the molecule is Cc1nc(Nc2ccccc2C#N)cc(C(=O)Nc2ccccc2)n1. The Balaban J connectivity index is 1.85. The van der Waals surface area contributed by atoms with Crippen LogP contribution in [0.3, 0.4) is 0 Å². The average Bonchev–Trinajstić information content (AvgIpc) is 2.62. The maximum absolute atomic E-state index is 12.4. The number of hydrogen-bond donors (Lipinski definition) is 2. The third kappa shape index (κ3) is 3.98. The topological polar surface area (TPSA) is 90.7 Å². The van der Waals surface area contributed by atoms with Crippen LogP contribution in [-0.4, -0.2) is 15.9 Å². The Bertz CT molecular complexity index is 948. The molecule has 0 bridgehead atoms. The number of anilines is 3. The highest BCUT2D eigenvalue weighted by atomic mass is 16.1. The van der Waals surface area contributed by atoms with Gasteiger partial charge in [0.1, 0.15) is 23.4 Å². The normalized spacial score (nSPS) is 9.92. The van der Waals surface area contributed by atoms with Crippen molar-refractivity contribution in [3.8, 4) is 6.07 Å². The highest BCUT2D eigenvalue weighted by Gasteiger charge is 2.12. The van der Waals surface area contributed by atoms with E-state index in [4.69, 9.17) is 0 Å². The highest BCUT2D eigenvalue weighted by Crippen LogP contribution is 2.19. The first-order valence-electron chi connectivity index (χ1n) is 7.64. The Morgan fingerprint density at radius 3 is 2.52 bits per heavy atom. The van der Waals surface area contributed by atoms with E-state index in [-0.39, 0.29) is 11.6 Å². The van der Waals surface area contributed by atoms with E-state index >= 15 is 0 Å². The van der Waals surface area contributed by atoms with Crippen LogP contribution in [0.2, 0.25) is 0 Å². The molecule has 25 heavy (non-hydrogen) atoms. The zero-order valence-corrected chi connectivity index (χ0v) is 13.5. The molecule has 0 saturated heterocycles. The predicted octanol–water partition coefficient (Wildman–Crippen LogP) is 3.65. The molecule has 0 atom stereocenters. The zero-order chi connectivity index (χ0) is 17.6. The molecule has 1 amide bonds.